The first-order valence-corrected chi connectivity index (χ1v) is 18.8. The number of likely N-dealkylation sites (tertiary alicyclic amines) is 1. The molecule has 6 N–H and O–H groups in total. The third-order valence-electron chi connectivity index (χ3n) is 10.1. The Morgan fingerprint density at radius 1 is 1.02 bits per heavy atom. The van der Waals surface area contributed by atoms with E-state index in [1.54, 1.807) is 31.4 Å². The Morgan fingerprint density at radius 3 is 2.21 bits per heavy atom. The summed E-state index contributed by atoms with van der Waals surface area (Å²) in [7, 11) is 3.05. The maximum atomic E-state index is 14.0. The Labute approximate surface area is 310 Å². The first kappa shape index (κ1) is 44.6. The molecule has 1 aromatic carbocycles. The Bertz CT molecular complexity index is 1320. The van der Waals surface area contributed by atoms with Gasteiger partial charge < -0.3 is 41.2 Å². The highest BCUT2D eigenvalue weighted by atomic mass is 16.5. The zero-order valence-electron chi connectivity index (χ0n) is 32.8. The lowest BCUT2D eigenvalue weighted by Crippen LogP contribution is -2.57. The molecule has 1 heterocycles. The van der Waals surface area contributed by atoms with E-state index in [9.17, 15) is 29.1 Å². The van der Waals surface area contributed by atoms with Gasteiger partial charge in [-0.1, -0.05) is 60.1 Å². The fourth-order valence-corrected chi connectivity index (χ4v) is 6.45. The van der Waals surface area contributed by atoms with Crippen molar-refractivity contribution in [3.63, 3.8) is 0 Å². The smallest absolute Gasteiger partial charge is 0.329 e. The molecule has 0 unspecified atom stereocenters. The van der Waals surface area contributed by atoms with Crippen LogP contribution in [0, 0.1) is 17.8 Å². The van der Waals surface area contributed by atoms with E-state index in [1.165, 1.54) is 23.8 Å². The number of rotatable bonds is 21. The van der Waals surface area contributed by atoms with Crippen molar-refractivity contribution in [3.8, 4) is 5.75 Å². The molecule has 13 heteroatoms. The van der Waals surface area contributed by atoms with Gasteiger partial charge in [-0.2, -0.15) is 0 Å². The largest absolute Gasteiger partial charge is 0.497 e. The number of Topliss-reactive ketones (excluding diaryl/α,β-unsaturated/α-hetero) is 1. The van der Waals surface area contributed by atoms with Crippen molar-refractivity contribution in [2.24, 2.45) is 29.2 Å². The molecule has 0 aromatic heterocycles. The van der Waals surface area contributed by atoms with Gasteiger partial charge in [0, 0.05) is 32.9 Å². The molecule has 0 radical (unpaired) electrons. The van der Waals surface area contributed by atoms with Gasteiger partial charge in [-0.25, -0.2) is 4.79 Å². The highest BCUT2D eigenvalue weighted by Gasteiger charge is 2.41. The average molecular weight is 732 g/mol. The summed E-state index contributed by atoms with van der Waals surface area (Å²) >= 11 is 0. The minimum Gasteiger partial charge on any atom is -0.497 e. The van der Waals surface area contributed by atoms with Crippen LogP contribution in [0.1, 0.15) is 99.0 Å². The second-order valence-electron chi connectivity index (χ2n) is 15.3. The molecule has 294 valence electrons. The van der Waals surface area contributed by atoms with Crippen LogP contribution in [-0.4, -0.2) is 107 Å². The summed E-state index contributed by atoms with van der Waals surface area (Å²) in [5.74, 6) is -1.21. The molecule has 0 bridgehead atoms. The van der Waals surface area contributed by atoms with Gasteiger partial charge in [0.1, 0.15) is 35.8 Å². The van der Waals surface area contributed by atoms with Crippen LogP contribution < -0.4 is 21.5 Å². The van der Waals surface area contributed by atoms with E-state index in [4.69, 9.17) is 20.9 Å². The molecule has 2 rings (SSSR count). The number of ether oxygens (including phenoxy) is 2. The van der Waals surface area contributed by atoms with Crippen LogP contribution in [0.5, 0.6) is 5.75 Å². The normalized spacial score (nSPS) is 18.6. The number of carbonyl (C=O) groups is 5. The highest BCUT2D eigenvalue weighted by Crippen LogP contribution is 2.24. The van der Waals surface area contributed by atoms with Crippen LogP contribution in [0.2, 0.25) is 0 Å². The number of likely N-dealkylation sites (N-methyl/N-ethyl adjacent to an activating group) is 1. The van der Waals surface area contributed by atoms with Gasteiger partial charge >= 0.3 is 5.97 Å². The molecule has 3 amide bonds. The van der Waals surface area contributed by atoms with Gasteiger partial charge in [-0.05, 0) is 68.1 Å². The molecular formula is C39H65N5O8. The van der Waals surface area contributed by atoms with Crippen LogP contribution in [-0.2, 0) is 35.1 Å². The summed E-state index contributed by atoms with van der Waals surface area (Å²) in [5.41, 5.74) is 13.3. The maximum Gasteiger partial charge on any atom is 0.329 e. The summed E-state index contributed by atoms with van der Waals surface area (Å²) in [4.78, 5) is 70.0. The predicted octanol–water partition coefficient (Wildman–Crippen LogP) is 2.98. The minimum atomic E-state index is -1.31. The lowest BCUT2D eigenvalue weighted by molar-refractivity contribution is -0.161. The number of esters is 1. The number of nitrogens with one attached hydrogen (secondary N) is 1. The number of aliphatic hydroxyl groups excluding tert-OH is 1. The van der Waals surface area contributed by atoms with Crippen LogP contribution in [0.4, 0.5) is 0 Å². The van der Waals surface area contributed by atoms with E-state index in [0.29, 0.717) is 56.7 Å². The van der Waals surface area contributed by atoms with E-state index in [0.717, 1.165) is 5.56 Å². The summed E-state index contributed by atoms with van der Waals surface area (Å²) in [6.45, 7) is 13.7. The van der Waals surface area contributed by atoms with Gasteiger partial charge in [-0.15, -0.1) is 0 Å². The predicted molar refractivity (Wildman–Crippen MR) is 200 cm³/mol. The second-order valence-corrected chi connectivity index (χ2v) is 15.3. The first-order valence-electron chi connectivity index (χ1n) is 18.8. The number of nitrogens with two attached hydrogens (primary N) is 2. The molecule has 1 saturated heterocycles. The quantitative estimate of drug-likeness (QED) is 0.137. The first-order chi connectivity index (χ1) is 24.4. The fourth-order valence-electron chi connectivity index (χ4n) is 6.45. The van der Waals surface area contributed by atoms with Crippen LogP contribution in [0.3, 0.4) is 0 Å². The van der Waals surface area contributed by atoms with Crippen LogP contribution in [0.15, 0.2) is 24.3 Å². The number of hydrogen-bond donors (Lipinski definition) is 4. The monoisotopic (exact) mass is 731 g/mol. The van der Waals surface area contributed by atoms with Crippen LogP contribution >= 0.6 is 0 Å². The molecule has 1 fully saturated rings. The Hall–Kier alpha value is -3.55. The number of benzene rings is 1. The topological polar surface area (TPSA) is 195 Å². The minimum absolute atomic E-state index is 0.0830. The molecule has 1 aliphatic rings. The number of aliphatic hydroxyl groups is 1. The Kier molecular flexibility index (Phi) is 18.2. The number of ketones is 1. The summed E-state index contributed by atoms with van der Waals surface area (Å²) in [5, 5.41) is 13.8. The van der Waals surface area contributed by atoms with Crippen molar-refractivity contribution >= 4 is 29.5 Å². The van der Waals surface area contributed by atoms with Gasteiger partial charge in [-0.3, -0.25) is 19.2 Å². The second kappa shape index (κ2) is 21.2. The third kappa shape index (κ3) is 13.1. The summed E-state index contributed by atoms with van der Waals surface area (Å²) < 4.78 is 11.1. The van der Waals surface area contributed by atoms with Crippen molar-refractivity contribution in [2.45, 2.75) is 142 Å². The van der Waals surface area contributed by atoms with Gasteiger partial charge in [0.2, 0.25) is 17.7 Å². The van der Waals surface area contributed by atoms with E-state index >= 15 is 0 Å². The molecule has 52 heavy (non-hydrogen) atoms. The molecule has 1 aliphatic heterocycles. The van der Waals surface area contributed by atoms with Gasteiger partial charge in [0.05, 0.1) is 25.3 Å². The van der Waals surface area contributed by atoms with Crippen molar-refractivity contribution in [2.75, 3.05) is 20.7 Å². The fraction of sp³-hybridized carbons (Fsp3) is 0.718. The van der Waals surface area contributed by atoms with E-state index < -0.39 is 60.2 Å². The van der Waals surface area contributed by atoms with E-state index in [2.05, 4.69) is 5.32 Å². The number of amides is 3. The summed E-state index contributed by atoms with van der Waals surface area (Å²) in [6, 6.07) is 2.36. The average Bonchev–Trinajstić information content (AvgIpc) is 3.60. The molecular weight excluding hydrogens is 666 g/mol. The van der Waals surface area contributed by atoms with Crippen molar-refractivity contribution in [3.05, 3.63) is 29.8 Å². The van der Waals surface area contributed by atoms with Gasteiger partial charge in [0.25, 0.3) is 0 Å². The highest BCUT2D eigenvalue weighted by molar-refractivity contribution is 5.92. The third-order valence-corrected chi connectivity index (χ3v) is 10.1. The van der Waals surface area contributed by atoms with Crippen molar-refractivity contribution < 1.29 is 38.6 Å². The zero-order valence-corrected chi connectivity index (χ0v) is 32.8. The van der Waals surface area contributed by atoms with Gasteiger partial charge in [0.15, 0.2) is 0 Å². The molecule has 0 spiro atoms. The maximum absolute atomic E-state index is 14.0. The molecule has 0 aliphatic carbocycles. The lowest BCUT2D eigenvalue weighted by atomic mass is 9.90. The molecule has 1 aromatic rings. The van der Waals surface area contributed by atoms with E-state index in [-0.39, 0.29) is 36.4 Å². The Balaban J connectivity index is 2.25. The standard InChI is InChI=1S/C39H65N5O8/c1-10-25(6)35(33(46)22-28(45)16-13-23(2)3)42-36(47)34(41)26(7)52-39(50)32(21-27-14-17-29(51-9)18-15-27)43(8)38(49)31-12-11-19-44(31)37(48)30(40)20-24(4)5/h14-15,17-18,23-26,30-35,46H,10-13,16,19-22,40-41H2,1-9H3,(H,42,47)/t25-,26+,30-,31-,32-,33-,34-,35+/m0/s1. The summed E-state index contributed by atoms with van der Waals surface area (Å²) in [6.07, 6.45) is 0.985. The molecule has 0 saturated carbocycles. The SMILES string of the molecule is CC[C@H](C)[C@@H](NC(=O)[C@@H](N)[C@@H](C)OC(=O)[C@H](Cc1ccc(OC)cc1)N(C)C(=O)[C@@H]1CCCN1C(=O)[C@@H](N)CC(C)C)[C@@H](O)CC(=O)CCC(C)C. The molecule has 8 atom stereocenters. The van der Waals surface area contributed by atoms with Crippen molar-refractivity contribution in [1.29, 1.82) is 0 Å². The number of methoxy groups -OCH3 is 1. The Morgan fingerprint density at radius 2 is 1.65 bits per heavy atom. The van der Waals surface area contributed by atoms with E-state index in [1.807, 2.05) is 41.5 Å². The zero-order chi connectivity index (χ0) is 39.3. The van der Waals surface area contributed by atoms with Crippen molar-refractivity contribution in [1.82, 2.24) is 15.1 Å². The lowest BCUT2D eigenvalue weighted by Gasteiger charge is -2.34. The number of hydrogen-bond acceptors (Lipinski definition) is 10. The molecule has 13 nitrogen and oxygen atoms in total. The number of nitrogens with zero attached hydrogens (tertiary/aromatic N) is 2. The number of carbonyl (C=O) groups excluding carboxylic acids is 5. The van der Waals surface area contributed by atoms with Crippen LogP contribution in [0.25, 0.3) is 0 Å².